The zero-order chi connectivity index (χ0) is 15.2. The van der Waals surface area contributed by atoms with Crippen LogP contribution in [0.25, 0.3) is 0 Å². The summed E-state index contributed by atoms with van der Waals surface area (Å²) in [6, 6.07) is 10.3. The molecule has 3 N–H and O–H groups in total. The summed E-state index contributed by atoms with van der Waals surface area (Å²) >= 11 is 0. The molecule has 0 aliphatic rings. The van der Waals surface area contributed by atoms with E-state index in [9.17, 15) is 4.79 Å². The SMILES string of the molecule is COc1ccc(CNC(=O)c2cccc(N)n2)c(OC)c1. The first kappa shape index (κ1) is 14.6. The molecule has 0 aliphatic carbocycles. The average Bonchev–Trinajstić information content (AvgIpc) is 2.52. The number of carbonyl (C=O) groups is 1. The van der Waals surface area contributed by atoms with Crippen molar-refractivity contribution in [3.63, 3.8) is 0 Å². The van der Waals surface area contributed by atoms with Gasteiger partial charge >= 0.3 is 0 Å². The summed E-state index contributed by atoms with van der Waals surface area (Å²) in [5.74, 6) is 1.36. The van der Waals surface area contributed by atoms with Crippen molar-refractivity contribution in [2.45, 2.75) is 6.54 Å². The van der Waals surface area contributed by atoms with E-state index in [0.717, 1.165) is 5.56 Å². The van der Waals surface area contributed by atoms with Crippen LogP contribution in [0, 0.1) is 0 Å². The minimum absolute atomic E-state index is 0.280. The van der Waals surface area contributed by atoms with E-state index in [-0.39, 0.29) is 11.6 Å². The Morgan fingerprint density at radius 1 is 1.24 bits per heavy atom. The van der Waals surface area contributed by atoms with Crippen LogP contribution in [0.3, 0.4) is 0 Å². The highest BCUT2D eigenvalue weighted by molar-refractivity contribution is 5.92. The third kappa shape index (κ3) is 3.62. The van der Waals surface area contributed by atoms with Gasteiger partial charge in [0.1, 0.15) is 23.0 Å². The zero-order valence-corrected chi connectivity index (χ0v) is 11.9. The number of rotatable bonds is 5. The van der Waals surface area contributed by atoms with Gasteiger partial charge in [-0.05, 0) is 24.3 Å². The number of ether oxygens (including phenoxy) is 2. The number of hydrogen-bond donors (Lipinski definition) is 2. The van der Waals surface area contributed by atoms with Crippen LogP contribution < -0.4 is 20.5 Å². The Bertz CT molecular complexity index is 644. The smallest absolute Gasteiger partial charge is 0.270 e. The monoisotopic (exact) mass is 287 g/mol. The fourth-order valence-corrected chi connectivity index (χ4v) is 1.84. The van der Waals surface area contributed by atoms with Gasteiger partial charge in [-0.3, -0.25) is 4.79 Å². The number of nitrogens with two attached hydrogens (primary N) is 1. The molecule has 0 bridgehead atoms. The Balaban J connectivity index is 2.07. The van der Waals surface area contributed by atoms with Gasteiger partial charge in [0.25, 0.3) is 5.91 Å². The molecule has 1 heterocycles. The molecule has 21 heavy (non-hydrogen) atoms. The highest BCUT2D eigenvalue weighted by Crippen LogP contribution is 2.24. The van der Waals surface area contributed by atoms with Crippen molar-refractivity contribution in [3.8, 4) is 11.5 Å². The summed E-state index contributed by atoms with van der Waals surface area (Å²) in [5.41, 5.74) is 6.68. The number of amides is 1. The van der Waals surface area contributed by atoms with Crippen LogP contribution in [0.5, 0.6) is 11.5 Å². The van der Waals surface area contributed by atoms with Crippen LogP contribution in [0.15, 0.2) is 36.4 Å². The standard InChI is InChI=1S/C15H17N3O3/c1-20-11-7-6-10(13(8-11)21-2)9-17-15(19)12-4-3-5-14(16)18-12/h3-8H,9H2,1-2H3,(H2,16,18)(H,17,19). The number of aromatic nitrogens is 1. The second-order valence-corrected chi connectivity index (χ2v) is 4.31. The van der Waals surface area contributed by atoms with Crippen molar-refractivity contribution in [1.82, 2.24) is 10.3 Å². The van der Waals surface area contributed by atoms with Gasteiger partial charge in [0, 0.05) is 18.2 Å². The molecular formula is C15H17N3O3. The summed E-state index contributed by atoms with van der Waals surface area (Å²) < 4.78 is 10.4. The lowest BCUT2D eigenvalue weighted by atomic mass is 10.2. The first-order chi connectivity index (χ1) is 10.1. The predicted octanol–water partition coefficient (Wildman–Crippen LogP) is 1.61. The largest absolute Gasteiger partial charge is 0.497 e. The first-order valence-corrected chi connectivity index (χ1v) is 6.35. The summed E-state index contributed by atoms with van der Waals surface area (Å²) in [5, 5.41) is 2.78. The van der Waals surface area contributed by atoms with Crippen molar-refractivity contribution in [2.75, 3.05) is 20.0 Å². The van der Waals surface area contributed by atoms with E-state index >= 15 is 0 Å². The first-order valence-electron chi connectivity index (χ1n) is 6.35. The maximum atomic E-state index is 12.0. The van der Waals surface area contributed by atoms with E-state index in [4.69, 9.17) is 15.2 Å². The molecule has 0 saturated heterocycles. The number of nitrogens with one attached hydrogen (secondary N) is 1. The average molecular weight is 287 g/mol. The number of hydrogen-bond acceptors (Lipinski definition) is 5. The summed E-state index contributed by atoms with van der Waals surface area (Å²) in [4.78, 5) is 16.0. The van der Waals surface area contributed by atoms with E-state index < -0.39 is 0 Å². The lowest BCUT2D eigenvalue weighted by Crippen LogP contribution is -2.24. The Kier molecular flexibility index (Phi) is 4.61. The van der Waals surface area contributed by atoms with Crippen LogP contribution in [0.2, 0.25) is 0 Å². The van der Waals surface area contributed by atoms with E-state index in [0.29, 0.717) is 23.9 Å². The van der Waals surface area contributed by atoms with E-state index in [1.54, 1.807) is 38.5 Å². The molecule has 6 nitrogen and oxygen atoms in total. The Labute approximate surface area is 122 Å². The van der Waals surface area contributed by atoms with E-state index in [1.807, 2.05) is 12.1 Å². The number of nitrogen functional groups attached to an aromatic ring is 1. The summed E-state index contributed by atoms with van der Waals surface area (Å²) in [6.45, 7) is 0.322. The molecule has 1 aromatic carbocycles. The van der Waals surface area contributed by atoms with Crippen LogP contribution in [-0.2, 0) is 6.54 Å². The highest BCUT2D eigenvalue weighted by atomic mass is 16.5. The number of pyridine rings is 1. The molecule has 0 unspecified atom stereocenters. The second kappa shape index (κ2) is 6.60. The number of carbonyl (C=O) groups excluding carboxylic acids is 1. The van der Waals surface area contributed by atoms with Crippen molar-refractivity contribution in [3.05, 3.63) is 47.7 Å². The van der Waals surface area contributed by atoms with Crippen molar-refractivity contribution in [1.29, 1.82) is 0 Å². The summed E-state index contributed by atoms with van der Waals surface area (Å²) in [7, 11) is 3.15. The number of benzene rings is 1. The molecule has 0 atom stereocenters. The molecule has 6 heteroatoms. The van der Waals surface area contributed by atoms with Gasteiger partial charge in [0.2, 0.25) is 0 Å². The number of methoxy groups -OCH3 is 2. The van der Waals surface area contributed by atoms with E-state index in [1.165, 1.54) is 0 Å². The Morgan fingerprint density at radius 2 is 2.05 bits per heavy atom. The fourth-order valence-electron chi connectivity index (χ4n) is 1.84. The highest BCUT2D eigenvalue weighted by Gasteiger charge is 2.10. The molecule has 2 aromatic rings. The third-order valence-electron chi connectivity index (χ3n) is 2.94. The van der Waals surface area contributed by atoms with Gasteiger partial charge in [-0.1, -0.05) is 6.07 Å². The quantitative estimate of drug-likeness (QED) is 0.872. The topological polar surface area (TPSA) is 86.5 Å². The zero-order valence-electron chi connectivity index (χ0n) is 11.9. The maximum absolute atomic E-state index is 12.0. The molecule has 0 saturated carbocycles. The minimum atomic E-state index is -0.292. The third-order valence-corrected chi connectivity index (χ3v) is 2.94. The molecule has 0 spiro atoms. The Hall–Kier alpha value is -2.76. The van der Waals surface area contributed by atoms with Crippen molar-refractivity contribution < 1.29 is 14.3 Å². The van der Waals surface area contributed by atoms with Gasteiger partial charge in [-0.25, -0.2) is 4.98 Å². The van der Waals surface area contributed by atoms with E-state index in [2.05, 4.69) is 10.3 Å². The Morgan fingerprint density at radius 3 is 2.71 bits per heavy atom. The number of anilines is 1. The normalized spacial score (nSPS) is 10.0. The fraction of sp³-hybridized carbons (Fsp3) is 0.200. The van der Waals surface area contributed by atoms with Gasteiger partial charge < -0.3 is 20.5 Å². The minimum Gasteiger partial charge on any atom is -0.497 e. The molecular weight excluding hydrogens is 270 g/mol. The summed E-state index contributed by atoms with van der Waals surface area (Å²) in [6.07, 6.45) is 0. The molecule has 0 fully saturated rings. The van der Waals surface area contributed by atoms with Crippen molar-refractivity contribution >= 4 is 11.7 Å². The second-order valence-electron chi connectivity index (χ2n) is 4.31. The molecule has 1 amide bonds. The predicted molar refractivity (Wildman–Crippen MR) is 79.4 cm³/mol. The van der Waals surface area contributed by atoms with Crippen LogP contribution in [0.1, 0.15) is 16.1 Å². The van der Waals surface area contributed by atoms with Gasteiger partial charge in [0.15, 0.2) is 0 Å². The van der Waals surface area contributed by atoms with Crippen LogP contribution in [-0.4, -0.2) is 25.1 Å². The number of nitrogens with zero attached hydrogens (tertiary/aromatic N) is 1. The molecule has 2 rings (SSSR count). The molecule has 0 aliphatic heterocycles. The van der Waals surface area contributed by atoms with Crippen LogP contribution in [0.4, 0.5) is 5.82 Å². The molecule has 110 valence electrons. The molecule has 1 aromatic heterocycles. The maximum Gasteiger partial charge on any atom is 0.270 e. The molecule has 0 radical (unpaired) electrons. The van der Waals surface area contributed by atoms with Crippen molar-refractivity contribution in [2.24, 2.45) is 0 Å². The van der Waals surface area contributed by atoms with Gasteiger partial charge in [-0.2, -0.15) is 0 Å². The lowest BCUT2D eigenvalue weighted by molar-refractivity contribution is 0.0946. The van der Waals surface area contributed by atoms with Gasteiger partial charge in [-0.15, -0.1) is 0 Å². The van der Waals surface area contributed by atoms with Gasteiger partial charge in [0.05, 0.1) is 14.2 Å². The van der Waals surface area contributed by atoms with Crippen LogP contribution >= 0.6 is 0 Å². The lowest BCUT2D eigenvalue weighted by Gasteiger charge is -2.11.